The summed E-state index contributed by atoms with van der Waals surface area (Å²) >= 11 is 0. The Kier molecular flexibility index (Phi) is 6.15. The van der Waals surface area contributed by atoms with Crippen molar-refractivity contribution >= 4 is 17.9 Å². The lowest BCUT2D eigenvalue weighted by atomic mass is 10.0. The third-order valence-corrected chi connectivity index (χ3v) is 2.07. The summed E-state index contributed by atoms with van der Waals surface area (Å²) in [6.45, 7) is -0.282. The van der Waals surface area contributed by atoms with Crippen molar-refractivity contribution in [3.8, 4) is 0 Å². The highest BCUT2D eigenvalue weighted by Gasteiger charge is 2.27. The normalized spacial score (nSPS) is 14.3. The van der Waals surface area contributed by atoms with Crippen LogP contribution in [0, 0.1) is 5.92 Å². The molecule has 0 aliphatic rings. The van der Waals surface area contributed by atoms with E-state index in [0.29, 0.717) is 0 Å². The molecule has 0 aromatic heterocycles. The van der Waals surface area contributed by atoms with Gasteiger partial charge in [-0.05, 0) is 6.92 Å². The number of hydrogen-bond donors (Lipinski definition) is 4. The third kappa shape index (κ3) is 6.48. The van der Waals surface area contributed by atoms with Crippen molar-refractivity contribution in [2.75, 3.05) is 19.6 Å². The second-order valence-corrected chi connectivity index (χ2v) is 3.64. The van der Waals surface area contributed by atoms with Crippen molar-refractivity contribution in [3.05, 3.63) is 0 Å². The van der Waals surface area contributed by atoms with Gasteiger partial charge in [0.15, 0.2) is 0 Å². The minimum Gasteiger partial charge on any atom is -0.481 e. The van der Waals surface area contributed by atoms with E-state index >= 15 is 0 Å². The van der Waals surface area contributed by atoms with Crippen molar-refractivity contribution in [1.29, 1.82) is 0 Å². The molecule has 0 spiro atoms. The van der Waals surface area contributed by atoms with E-state index in [9.17, 15) is 19.5 Å². The van der Waals surface area contributed by atoms with Crippen molar-refractivity contribution in [2.24, 2.45) is 5.92 Å². The number of hydrogen-bond acceptors (Lipinski definition) is 5. The van der Waals surface area contributed by atoms with Gasteiger partial charge in [0, 0.05) is 6.54 Å². The van der Waals surface area contributed by atoms with E-state index in [-0.39, 0.29) is 6.54 Å². The molecule has 0 saturated heterocycles. The molecule has 0 aromatic rings. The highest BCUT2D eigenvalue weighted by Crippen LogP contribution is 2.07. The van der Waals surface area contributed by atoms with Gasteiger partial charge >= 0.3 is 17.9 Å². The van der Waals surface area contributed by atoms with Gasteiger partial charge in [-0.3, -0.25) is 19.3 Å². The Morgan fingerprint density at radius 1 is 1.06 bits per heavy atom. The Bertz CT molecular complexity index is 286. The first-order valence-corrected chi connectivity index (χ1v) is 4.80. The van der Waals surface area contributed by atoms with Crippen LogP contribution in [0.25, 0.3) is 0 Å². The molecule has 0 amide bonds. The van der Waals surface area contributed by atoms with Crippen LogP contribution in [0.15, 0.2) is 0 Å². The fourth-order valence-electron chi connectivity index (χ4n) is 1.28. The molecule has 0 aliphatic carbocycles. The van der Waals surface area contributed by atoms with Gasteiger partial charge < -0.3 is 20.4 Å². The number of rotatable bonds is 8. The zero-order valence-electron chi connectivity index (χ0n) is 9.24. The Balaban J connectivity index is 4.63. The Labute approximate surface area is 97.1 Å². The lowest BCUT2D eigenvalue weighted by Gasteiger charge is -2.23. The molecule has 0 fully saturated rings. The summed E-state index contributed by atoms with van der Waals surface area (Å²) in [6.07, 6.45) is -1.20. The number of carboxylic acid groups (broad SMARTS) is 3. The lowest BCUT2D eigenvalue weighted by molar-refractivity contribution is -0.150. The topological polar surface area (TPSA) is 135 Å². The smallest absolute Gasteiger partial charge is 0.317 e. The predicted molar refractivity (Wildman–Crippen MR) is 54.5 cm³/mol. The highest BCUT2D eigenvalue weighted by atomic mass is 16.4. The average Bonchev–Trinajstić information content (AvgIpc) is 2.10. The highest BCUT2D eigenvalue weighted by molar-refractivity contribution is 5.74. The summed E-state index contributed by atoms with van der Waals surface area (Å²) in [4.78, 5) is 32.6. The summed E-state index contributed by atoms with van der Waals surface area (Å²) in [6, 6.07) is 0. The maximum atomic E-state index is 10.8. The summed E-state index contributed by atoms with van der Waals surface area (Å²) in [5.41, 5.74) is 0. The number of carboxylic acids is 3. The van der Waals surface area contributed by atoms with E-state index in [1.54, 1.807) is 0 Å². The molecule has 98 valence electrons. The Morgan fingerprint density at radius 2 is 1.47 bits per heavy atom. The SMILES string of the molecule is CC(O)C(CN(CC(=O)O)CC(=O)O)C(=O)O. The molecular weight excluding hydrogens is 234 g/mol. The largest absolute Gasteiger partial charge is 0.481 e. The Morgan fingerprint density at radius 3 is 1.71 bits per heavy atom. The Hall–Kier alpha value is -1.67. The van der Waals surface area contributed by atoms with E-state index in [2.05, 4.69) is 0 Å². The van der Waals surface area contributed by atoms with Gasteiger partial charge in [-0.2, -0.15) is 0 Å². The van der Waals surface area contributed by atoms with E-state index in [4.69, 9.17) is 15.3 Å². The monoisotopic (exact) mass is 249 g/mol. The predicted octanol–water partition coefficient (Wildman–Crippen LogP) is -1.46. The second-order valence-electron chi connectivity index (χ2n) is 3.64. The molecule has 0 heterocycles. The van der Waals surface area contributed by atoms with Gasteiger partial charge in [-0.25, -0.2) is 0 Å². The first kappa shape index (κ1) is 15.3. The van der Waals surface area contributed by atoms with Crippen molar-refractivity contribution in [3.63, 3.8) is 0 Å². The molecule has 0 aromatic carbocycles. The number of aliphatic hydroxyl groups is 1. The number of aliphatic hydroxyl groups excluding tert-OH is 1. The summed E-state index contributed by atoms with van der Waals surface area (Å²) < 4.78 is 0. The van der Waals surface area contributed by atoms with E-state index < -0.39 is 43.0 Å². The fraction of sp³-hybridized carbons (Fsp3) is 0.667. The molecule has 0 radical (unpaired) electrons. The van der Waals surface area contributed by atoms with Gasteiger partial charge in [0.25, 0.3) is 0 Å². The summed E-state index contributed by atoms with van der Waals surface area (Å²) in [7, 11) is 0. The first-order chi connectivity index (χ1) is 7.73. The summed E-state index contributed by atoms with van der Waals surface area (Å²) in [5, 5.41) is 35.1. The third-order valence-electron chi connectivity index (χ3n) is 2.07. The van der Waals surface area contributed by atoms with Crippen molar-refractivity contribution in [1.82, 2.24) is 4.90 Å². The van der Waals surface area contributed by atoms with Crippen LogP contribution in [0.4, 0.5) is 0 Å². The van der Waals surface area contributed by atoms with E-state index in [1.165, 1.54) is 6.92 Å². The van der Waals surface area contributed by atoms with Gasteiger partial charge in [0.1, 0.15) is 0 Å². The molecule has 0 bridgehead atoms. The van der Waals surface area contributed by atoms with Gasteiger partial charge in [-0.15, -0.1) is 0 Å². The first-order valence-electron chi connectivity index (χ1n) is 4.80. The molecule has 4 N–H and O–H groups in total. The zero-order valence-corrected chi connectivity index (χ0v) is 9.24. The molecular formula is C9H15NO7. The van der Waals surface area contributed by atoms with Crippen LogP contribution >= 0.6 is 0 Å². The lowest BCUT2D eigenvalue weighted by Crippen LogP contribution is -2.43. The fourth-order valence-corrected chi connectivity index (χ4v) is 1.28. The maximum absolute atomic E-state index is 10.8. The standard InChI is InChI=1S/C9H15NO7/c1-5(11)6(9(16)17)2-10(3-7(12)13)4-8(14)15/h5-6,11H,2-4H2,1H3,(H,12,13)(H,14,15)(H,16,17). The van der Waals surface area contributed by atoms with Gasteiger partial charge in [0.2, 0.25) is 0 Å². The van der Waals surface area contributed by atoms with Crippen LogP contribution in [0.5, 0.6) is 0 Å². The van der Waals surface area contributed by atoms with Crippen LogP contribution in [0.3, 0.4) is 0 Å². The van der Waals surface area contributed by atoms with Crippen LogP contribution in [-0.2, 0) is 14.4 Å². The molecule has 2 atom stereocenters. The van der Waals surface area contributed by atoms with E-state index in [1.807, 2.05) is 0 Å². The quantitative estimate of drug-likeness (QED) is 0.410. The van der Waals surface area contributed by atoms with Crippen LogP contribution in [-0.4, -0.2) is 69.0 Å². The number of carbonyl (C=O) groups is 3. The second kappa shape index (κ2) is 6.81. The maximum Gasteiger partial charge on any atom is 0.317 e. The van der Waals surface area contributed by atoms with Gasteiger partial charge in [-0.1, -0.05) is 0 Å². The molecule has 17 heavy (non-hydrogen) atoms. The van der Waals surface area contributed by atoms with Crippen molar-refractivity contribution in [2.45, 2.75) is 13.0 Å². The van der Waals surface area contributed by atoms with E-state index in [0.717, 1.165) is 4.90 Å². The molecule has 8 heteroatoms. The van der Waals surface area contributed by atoms with Gasteiger partial charge in [0.05, 0.1) is 25.1 Å². The minimum atomic E-state index is -1.30. The minimum absolute atomic E-state index is 0.342. The number of nitrogens with zero attached hydrogens (tertiary/aromatic N) is 1. The van der Waals surface area contributed by atoms with Crippen molar-refractivity contribution < 1.29 is 34.8 Å². The molecule has 0 rings (SSSR count). The molecule has 8 nitrogen and oxygen atoms in total. The number of aliphatic carboxylic acids is 3. The average molecular weight is 249 g/mol. The van der Waals surface area contributed by atoms with Crippen LogP contribution < -0.4 is 0 Å². The molecule has 0 saturated carbocycles. The van der Waals surface area contributed by atoms with Crippen LogP contribution in [0.1, 0.15) is 6.92 Å². The van der Waals surface area contributed by atoms with Crippen LogP contribution in [0.2, 0.25) is 0 Å². The molecule has 0 aliphatic heterocycles. The summed E-state index contributed by atoms with van der Waals surface area (Å²) in [5.74, 6) is -5.06. The zero-order chi connectivity index (χ0) is 13.6. The molecule has 2 unspecified atom stereocenters.